The highest BCUT2D eigenvalue weighted by molar-refractivity contribution is 5.90. The second-order valence-corrected chi connectivity index (χ2v) is 3.80. The van der Waals surface area contributed by atoms with E-state index in [2.05, 4.69) is 33.3 Å². The summed E-state index contributed by atoms with van der Waals surface area (Å²) in [6.45, 7) is 7.93. The highest BCUT2D eigenvalue weighted by Gasteiger charge is 2.21. The minimum absolute atomic E-state index is 0.102. The number of nitrogens with zero attached hydrogens (tertiary/aromatic N) is 5. The first-order valence-electron chi connectivity index (χ1n) is 5.87. The molecule has 0 saturated carbocycles. The zero-order valence-corrected chi connectivity index (χ0v) is 10.8. The van der Waals surface area contributed by atoms with Gasteiger partial charge in [-0.25, -0.2) is 4.98 Å². The van der Waals surface area contributed by atoms with E-state index in [1.54, 1.807) is 12.2 Å². The van der Waals surface area contributed by atoms with Crippen LogP contribution in [0.25, 0.3) is 11.5 Å². The molecule has 102 valence electrons. The molecule has 2 aromatic heterocycles. The highest BCUT2D eigenvalue weighted by Crippen LogP contribution is 2.12. The lowest BCUT2D eigenvalue weighted by molar-refractivity contribution is 0.0741. The summed E-state index contributed by atoms with van der Waals surface area (Å²) in [6.07, 6.45) is 7.76. The SMILES string of the molecule is C=CCN(CC=C)C(=O)c1nc(-c2cnccn2)no1. The lowest BCUT2D eigenvalue weighted by Crippen LogP contribution is -2.31. The molecule has 2 heterocycles. The van der Waals surface area contributed by atoms with Gasteiger partial charge in [-0.3, -0.25) is 9.78 Å². The third kappa shape index (κ3) is 2.94. The predicted molar refractivity (Wildman–Crippen MR) is 71.6 cm³/mol. The van der Waals surface area contributed by atoms with E-state index in [4.69, 9.17) is 4.52 Å². The summed E-state index contributed by atoms with van der Waals surface area (Å²) < 4.78 is 4.97. The van der Waals surface area contributed by atoms with Crippen LogP contribution in [-0.4, -0.2) is 44.0 Å². The maximum atomic E-state index is 12.2. The Balaban J connectivity index is 2.21. The van der Waals surface area contributed by atoms with Gasteiger partial charge >= 0.3 is 11.8 Å². The Kier molecular flexibility index (Phi) is 4.33. The average molecular weight is 271 g/mol. The van der Waals surface area contributed by atoms with Crippen molar-refractivity contribution in [1.29, 1.82) is 0 Å². The molecule has 0 unspecified atom stereocenters. The third-order valence-corrected chi connectivity index (χ3v) is 2.39. The third-order valence-electron chi connectivity index (χ3n) is 2.39. The minimum Gasteiger partial charge on any atom is -0.328 e. The van der Waals surface area contributed by atoms with E-state index in [1.165, 1.54) is 23.5 Å². The number of amides is 1. The van der Waals surface area contributed by atoms with Gasteiger partial charge in [0, 0.05) is 25.5 Å². The van der Waals surface area contributed by atoms with Gasteiger partial charge in [0.1, 0.15) is 5.69 Å². The molecule has 0 aliphatic carbocycles. The molecule has 20 heavy (non-hydrogen) atoms. The number of carbonyl (C=O) groups is 1. The Labute approximate surface area is 115 Å². The van der Waals surface area contributed by atoms with Crippen LogP contribution in [0.2, 0.25) is 0 Å². The van der Waals surface area contributed by atoms with Crippen LogP contribution >= 0.6 is 0 Å². The Morgan fingerprint density at radius 1 is 1.30 bits per heavy atom. The first-order valence-corrected chi connectivity index (χ1v) is 5.87. The predicted octanol–water partition coefficient (Wildman–Crippen LogP) is 1.34. The van der Waals surface area contributed by atoms with Crippen LogP contribution in [-0.2, 0) is 0 Å². The second-order valence-electron chi connectivity index (χ2n) is 3.80. The fraction of sp³-hybridized carbons (Fsp3) is 0.154. The molecule has 0 aromatic carbocycles. The van der Waals surface area contributed by atoms with E-state index < -0.39 is 0 Å². The molecule has 0 saturated heterocycles. The van der Waals surface area contributed by atoms with Crippen LogP contribution in [0.4, 0.5) is 0 Å². The molecule has 0 atom stereocenters. The van der Waals surface area contributed by atoms with Crippen LogP contribution < -0.4 is 0 Å². The first kappa shape index (κ1) is 13.6. The van der Waals surface area contributed by atoms with Gasteiger partial charge in [-0.05, 0) is 0 Å². The molecule has 1 amide bonds. The molecule has 0 bridgehead atoms. The summed E-state index contributed by atoms with van der Waals surface area (Å²) in [6, 6.07) is 0. The van der Waals surface area contributed by atoms with Gasteiger partial charge in [0.15, 0.2) is 0 Å². The number of aromatic nitrogens is 4. The summed E-state index contributed by atoms with van der Waals surface area (Å²) in [5.74, 6) is -0.264. The summed E-state index contributed by atoms with van der Waals surface area (Å²) in [4.78, 5) is 25.6. The molecule has 0 N–H and O–H groups in total. The smallest absolute Gasteiger partial charge is 0.316 e. The van der Waals surface area contributed by atoms with Gasteiger partial charge in [0.2, 0.25) is 5.82 Å². The minimum atomic E-state index is -0.382. The van der Waals surface area contributed by atoms with Crippen molar-refractivity contribution in [3.05, 3.63) is 49.8 Å². The molecule has 0 spiro atoms. The lowest BCUT2D eigenvalue weighted by atomic mass is 10.4. The number of hydrogen-bond donors (Lipinski definition) is 0. The van der Waals surface area contributed by atoms with Crippen molar-refractivity contribution in [3.8, 4) is 11.5 Å². The van der Waals surface area contributed by atoms with Crippen LogP contribution in [0.3, 0.4) is 0 Å². The van der Waals surface area contributed by atoms with Gasteiger partial charge in [-0.15, -0.1) is 13.2 Å². The van der Waals surface area contributed by atoms with Gasteiger partial charge in [0.25, 0.3) is 0 Å². The standard InChI is InChI=1S/C13H13N5O2/c1-3-7-18(8-4-2)13(19)12-16-11(17-20-12)10-9-14-5-6-15-10/h3-6,9H,1-2,7-8H2. The van der Waals surface area contributed by atoms with Gasteiger partial charge in [-0.2, -0.15) is 4.98 Å². The fourth-order valence-electron chi connectivity index (χ4n) is 1.52. The van der Waals surface area contributed by atoms with Crippen LogP contribution in [0.15, 0.2) is 48.4 Å². The van der Waals surface area contributed by atoms with Crippen LogP contribution in [0.5, 0.6) is 0 Å². The maximum Gasteiger partial charge on any atom is 0.316 e. The van der Waals surface area contributed by atoms with Gasteiger partial charge in [0.05, 0.1) is 6.20 Å². The molecular formula is C13H13N5O2. The zero-order valence-electron chi connectivity index (χ0n) is 10.8. The fourth-order valence-corrected chi connectivity index (χ4v) is 1.52. The average Bonchev–Trinajstić information content (AvgIpc) is 2.97. The summed E-state index contributed by atoms with van der Waals surface area (Å²) in [5.41, 5.74) is 0.439. The molecule has 0 radical (unpaired) electrons. The van der Waals surface area contributed by atoms with Crippen LogP contribution in [0, 0.1) is 0 Å². The van der Waals surface area contributed by atoms with E-state index in [0.29, 0.717) is 18.8 Å². The van der Waals surface area contributed by atoms with E-state index in [0.717, 1.165) is 0 Å². The Hall–Kier alpha value is -2.83. The summed E-state index contributed by atoms with van der Waals surface area (Å²) in [5, 5.41) is 3.72. The van der Waals surface area contributed by atoms with Crippen molar-refractivity contribution < 1.29 is 9.32 Å². The van der Waals surface area contributed by atoms with Gasteiger partial charge in [-0.1, -0.05) is 17.3 Å². The largest absolute Gasteiger partial charge is 0.328 e. The number of hydrogen-bond acceptors (Lipinski definition) is 6. The molecule has 2 aromatic rings. The molecule has 0 aliphatic rings. The topological polar surface area (TPSA) is 85.0 Å². The van der Waals surface area contributed by atoms with Crippen molar-refractivity contribution in [1.82, 2.24) is 25.0 Å². The number of carbonyl (C=O) groups excluding carboxylic acids is 1. The summed E-state index contributed by atoms with van der Waals surface area (Å²) >= 11 is 0. The Bertz CT molecular complexity index is 598. The molecule has 7 heteroatoms. The second kappa shape index (κ2) is 6.37. The van der Waals surface area contributed by atoms with Crippen molar-refractivity contribution in [2.75, 3.05) is 13.1 Å². The Morgan fingerprint density at radius 2 is 2.05 bits per heavy atom. The van der Waals surface area contributed by atoms with E-state index in [9.17, 15) is 4.79 Å². The number of rotatable bonds is 6. The van der Waals surface area contributed by atoms with Crippen LogP contribution in [0.1, 0.15) is 10.7 Å². The van der Waals surface area contributed by atoms with Crippen molar-refractivity contribution in [2.45, 2.75) is 0 Å². The van der Waals surface area contributed by atoms with Crippen molar-refractivity contribution in [2.24, 2.45) is 0 Å². The highest BCUT2D eigenvalue weighted by atomic mass is 16.5. The first-order chi connectivity index (χ1) is 9.76. The van der Waals surface area contributed by atoms with Crippen molar-refractivity contribution >= 4 is 5.91 Å². The van der Waals surface area contributed by atoms with E-state index in [-0.39, 0.29) is 17.6 Å². The zero-order chi connectivity index (χ0) is 14.4. The Morgan fingerprint density at radius 3 is 2.65 bits per heavy atom. The summed E-state index contributed by atoms with van der Waals surface area (Å²) in [7, 11) is 0. The normalized spacial score (nSPS) is 10.0. The quantitative estimate of drug-likeness (QED) is 0.737. The monoisotopic (exact) mass is 271 g/mol. The van der Waals surface area contributed by atoms with E-state index >= 15 is 0 Å². The molecule has 0 fully saturated rings. The molecular weight excluding hydrogens is 258 g/mol. The molecule has 0 aliphatic heterocycles. The lowest BCUT2D eigenvalue weighted by Gasteiger charge is -2.16. The van der Waals surface area contributed by atoms with E-state index in [1.807, 2.05) is 0 Å². The maximum absolute atomic E-state index is 12.2. The van der Waals surface area contributed by atoms with Gasteiger partial charge < -0.3 is 9.42 Å². The molecule has 2 rings (SSSR count). The molecule has 7 nitrogen and oxygen atoms in total. The van der Waals surface area contributed by atoms with Crippen molar-refractivity contribution in [3.63, 3.8) is 0 Å².